The Morgan fingerprint density at radius 1 is 0.871 bits per heavy atom. The van der Waals surface area contributed by atoms with Crippen molar-refractivity contribution in [3.63, 3.8) is 0 Å². The predicted molar refractivity (Wildman–Crippen MR) is 322 cm³/mol. The average molecular weight is 1150 g/mol. The topological polar surface area (TPSA) is 255 Å². The number of nitrogens with zero attached hydrogens (tertiary/aromatic N) is 3. The first-order chi connectivity index (χ1) is 40.9. The van der Waals surface area contributed by atoms with Crippen molar-refractivity contribution in [2.45, 2.75) is 63.5 Å². The Hall–Kier alpha value is -9.70. The third kappa shape index (κ3) is 15.7. The molecule has 2 atom stereocenters. The maximum Gasteiger partial charge on any atom is 0.336 e. The number of halogens is 2. The van der Waals surface area contributed by atoms with Gasteiger partial charge in [0.05, 0.1) is 36.3 Å². The molecule has 2 unspecified atom stereocenters. The number of carbonyl (C=O) groups excluding carboxylic acids is 4. The number of carboxylic acids is 1. The highest BCUT2D eigenvalue weighted by molar-refractivity contribution is 6.09. The molecule has 11 rings (SSSR count). The van der Waals surface area contributed by atoms with Crippen molar-refractivity contribution in [2.24, 2.45) is 17.6 Å². The molecule has 1 saturated heterocycles. The van der Waals surface area contributed by atoms with Gasteiger partial charge >= 0.3 is 5.97 Å². The minimum atomic E-state index is -2.66. The number of likely N-dealkylation sites (tertiary alicyclic amines) is 1. The van der Waals surface area contributed by atoms with Gasteiger partial charge in [-0.05, 0) is 158 Å². The largest absolute Gasteiger partial charge is 0.508 e. The van der Waals surface area contributed by atoms with Crippen LogP contribution in [-0.2, 0) is 16.0 Å². The summed E-state index contributed by atoms with van der Waals surface area (Å²) < 4.78 is 36.9. The number of nitrogens with two attached hydrogens (primary N) is 1. The number of benzene rings is 7. The summed E-state index contributed by atoms with van der Waals surface area (Å²) in [5, 5.41) is 37.5. The highest BCUT2D eigenvalue weighted by Gasteiger charge is 2.43. The maximum absolute atomic E-state index is 13.3. The number of rotatable bonds is 14. The Labute approximate surface area is 489 Å². The second-order valence-corrected chi connectivity index (χ2v) is 21.2. The zero-order chi connectivity index (χ0) is 60.8. The number of hydrogen-bond donors (Lipinski definition) is 5. The summed E-state index contributed by atoms with van der Waals surface area (Å²) in [7, 11) is 3.27. The van der Waals surface area contributed by atoms with Crippen LogP contribution in [0.2, 0.25) is 0 Å². The van der Waals surface area contributed by atoms with Gasteiger partial charge in [0.25, 0.3) is 5.92 Å². The summed E-state index contributed by atoms with van der Waals surface area (Å²) in [5.41, 5.74) is 11.3. The molecule has 6 N–H and O–H groups in total. The lowest BCUT2D eigenvalue weighted by Crippen LogP contribution is -2.44. The van der Waals surface area contributed by atoms with E-state index in [1.165, 1.54) is 76.8 Å². The van der Waals surface area contributed by atoms with Gasteiger partial charge < -0.3 is 40.5 Å². The van der Waals surface area contributed by atoms with Crippen LogP contribution in [0.15, 0.2) is 161 Å². The number of primary amides is 1. The SMILES string of the molecule is CC1CCC(C(=O)NC(COc2ccc(-c3ccc4nccc(C=O)c4c3)cc2)Cc2ccc3ccccc3c2)CC1.CN1CC(F)(F)CC1C#N.CNCC=O.NC(=O)c1ccc(C(=O)O)c(-c2c3ccc(=O)cc-3oc3cc(O)ccc23)c1. The van der Waals surface area contributed by atoms with Gasteiger partial charge in [0.1, 0.15) is 41.8 Å². The van der Waals surface area contributed by atoms with Crippen molar-refractivity contribution in [1.82, 2.24) is 20.5 Å². The number of carboxylic acid groups (broad SMARTS) is 1. The van der Waals surface area contributed by atoms with Crippen LogP contribution < -0.4 is 26.5 Å². The van der Waals surface area contributed by atoms with E-state index in [1.54, 1.807) is 25.4 Å². The lowest BCUT2D eigenvalue weighted by molar-refractivity contribution is -0.127. The summed E-state index contributed by atoms with van der Waals surface area (Å²) in [6, 6.07) is 44.2. The number of aromatic hydroxyl groups is 1. The summed E-state index contributed by atoms with van der Waals surface area (Å²) in [5.74, 6) is -2.70. The van der Waals surface area contributed by atoms with Crippen molar-refractivity contribution in [3.8, 4) is 51.1 Å². The van der Waals surface area contributed by atoms with E-state index in [4.69, 9.17) is 20.1 Å². The Morgan fingerprint density at radius 2 is 1.61 bits per heavy atom. The molecule has 18 heteroatoms. The van der Waals surface area contributed by atoms with Crippen LogP contribution in [0.3, 0.4) is 0 Å². The van der Waals surface area contributed by atoms with Gasteiger partial charge in [-0.2, -0.15) is 5.26 Å². The monoisotopic (exact) mass is 1150 g/mol. The highest BCUT2D eigenvalue weighted by Crippen LogP contribution is 2.42. The molecule has 85 heavy (non-hydrogen) atoms. The number of alkyl halides is 2. The second-order valence-electron chi connectivity index (χ2n) is 21.2. The number of nitrogens with one attached hydrogen (secondary N) is 2. The number of phenolic OH excluding ortho intramolecular Hbond substituents is 1. The van der Waals surface area contributed by atoms with Crippen LogP contribution in [-0.4, -0.2) is 102 Å². The Morgan fingerprint density at radius 3 is 2.26 bits per heavy atom. The molecule has 0 radical (unpaired) electrons. The number of nitriles is 1. The van der Waals surface area contributed by atoms with Gasteiger partial charge in [0.15, 0.2) is 11.7 Å². The maximum atomic E-state index is 13.3. The first-order valence-electron chi connectivity index (χ1n) is 27.7. The Balaban J connectivity index is 0.000000186. The Bertz CT molecular complexity index is 3950. The summed E-state index contributed by atoms with van der Waals surface area (Å²) in [6.45, 7) is 2.83. The molecule has 436 valence electrons. The number of pyridine rings is 1. The van der Waals surface area contributed by atoms with Gasteiger partial charge in [0, 0.05) is 63.7 Å². The normalized spacial score (nSPS) is 16.5. The third-order valence-corrected chi connectivity index (χ3v) is 15.0. The lowest BCUT2D eigenvalue weighted by atomic mass is 9.82. The summed E-state index contributed by atoms with van der Waals surface area (Å²) >= 11 is 0. The van der Waals surface area contributed by atoms with Crippen molar-refractivity contribution in [2.75, 3.05) is 33.8 Å². The minimum Gasteiger partial charge on any atom is -0.508 e. The van der Waals surface area contributed by atoms with E-state index in [1.807, 2.05) is 48.5 Å². The van der Waals surface area contributed by atoms with Crippen molar-refractivity contribution < 1.29 is 52.1 Å². The number of aromatic carboxylic acids is 1. The molecule has 1 aromatic heterocycles. The van der Waals surface area contributed by atoms with E-state index in [9.17, 15) is 47.8 Å². The number of hydrogen-bond acceptors (Lipinski definition) is 13. The zero-order valence-corrected chi connectivity index (χ0v) is 47.1. The quantitative estimate of drug-likeness (QED) is 0.0501. The van der Waals surface area contributed by atoms with Gasteiger partial charge in [-0.15, -0.1) is 0 Å². The average Bonchev–Trinajstić information content (AvgIpc) is 2.28. The highest BCUT2D eigenvalue weighted by atomic mass is 19.3. The lowest BCUT2D eigenvalue weighted by Gasteiger charge is -2.28. The molecule has 2 fully saturated rings. The summed E-state index contributed by atoms with van der Waals surface area (Å²) in [6.07, 6.45) is 7.85. The molecule has 0 spiro atoms. The fourth-order valence-electron chi connectivity index (χ4n) is 10.5. The van der Waals surface area contributed by atoms with Gasteiger partial charge in [-0.1, -0.05) is 67.6 Å². The molecular weight excluding hydrogens is 1090 g/mol. The molecule has 4 aliphatic rings. The van der Waals surface area contributed by atoms with Crippen molar-refractivity contribution in [3.05, 3.63) is 184 Å². The fraction of sp³-hybridized carbons (Fsp3) is 0.254. The molecule has 0 bridgehead atoms. The molecule has 2 aliphatic carbocycles. The van der Waals surface area contributed by atoms with Crippen LogP contribution in [0, 0.1) is 23.2 Å². The number of likely N-dealkylation sites (N-methyl/N-ethyl adjacent to an activating group) is 1. The first kappa shape index (κ1) is 61.4. The van der Waals surface area contributed by atoms with Gasteiger partial charge in [0.2, 0.25) is 11.8 Å². The smallest absolute Gasteiger partial charge is 0.336 e. The van der Waals surface area contributed by atoms with E-state index in [0.717, 1.165) is 66.0 Å². The number of aromatic nitrogens is 1. The van der Waals surface area contributed by atoms with Crippen LogP contribution in [0.1, 0.15) is 75.7 Å². The predicted octanol–water partition coefficient (Wildman–Crippen LogP) is 11.1. The Kier molecular flexibility index (Phi) is 20.3. The number of amides is 2. The number of aldehydes is 2. The van der Waals surface area contributed by atoms with E-state index in [-0.39, 0.29) is 70.0 Å². The van der Waals surface area contributed by atoms with Gasteiger partial charge in [-0.3, -0.25) is 29.1 Å². The number of ether oxygens (including phenoxy) is 1. The number of phenols is 1. The standard InChI is InChI=1S/C37H36N2O3.C21H13NO6.C6H8F2N2.C3H7NO/c1-25-6-9-29(10-7-25)37(41)39-33(21-26-8-11-27-4-2-3-5-30(27)20-26)24-42-34-15-12-28(13-16-34)31-14-17-36-35(22-31)32(23-40)18-19-38-36;22-20(25)10-1-4-13(21(26)27)16(7-10)19-14-5-2-11(23)8-17(14)28-18-9-12(24)3-6-15(18)19;1-10-4-6(7,8)2-5(10)3-9;1-4-2-3-5/h2-5,8,11-20,22-23,25,29,33H,6-7,9-10,21,24H2,1H3,(H,39,41);1-9,23H,(H2,22,25)(H,26,27);5H,2,4H2,1H3;3-4H,2H2,1H3. The molecule has 2 amide bonds. The molecule has 2 aliphatic heterocycles. The van der Waals surface area contributed by atoms with Crippen molar-refractivity contribution in [1.29, 1.82) is 5.26 Å². The van der Waals surface area contributed by atoms with E-state index in [2.05, 4.69) is 65.0 Å². The number of fused-ring (bicyclic) bond motifs is 4. The third-order valence-electron chi connectivity index (χ3n) is 15.0. The van der Waals surface area contributed by atoms with Crippen LogP contribution in [0.5, 0.6) is 11.5 Å². The van der Waals surface area contributed by atoms with Crippen molar-refractivity contribution >= 4 is 63.0 Å². The van der Waals surface area contributed by atoms with E-state index < -0.39 is 23.8 Å². The zero-order valence-electron chi connectivity index (χ0n) is 47.1. The minimum absolute atomic E-state index is 0.0434. The summed E-state index contributed by atoms with van der Waals surface area (Å²) in [4.78, 5) is 75.2. The van der Waals surface area contributed by atoms with Gasteiger partial charge in [-0.25, -0.2) is 13.6 Å². The van der Waals surface area contributed by atoms with Crippen LogP contribution >= 0.6 is 0 Å². The molecule has 16 nitrogen and oxygen atoms in total. The fourth-order valence-corrected chi connectivity index (χ4v) is 10.5. The second kappa shape index (κ2) is 28.0. The van der Waals surface area contributed by atoms with Crippen LogP contribution in [0.25, 0.3) is 66.2 Å². The van der Waals surface area contributed by atoms with E-state index >= 15 is 0 Å². The number of carbonyl (C=O) groups is 5. The molecule has 3 heterocycles. The molecular formula is C67H64F2N6O10. The molecule has 1 saturated carbocycles. The first-order valence-corrected chi connectivity index (χ1v) is 27.7. The van der Waals surface area contributed by atoms with Crippen LogP contribution in [0.4, 0.5) is 8.78 Å². The molecule has 7 aromatic rings. The molecule has 6 aromatic carbocycles. The van der Waals surface area contributed by atoms with E-state index in [0.29, 0.717) is 47.6 Å².